The first-order chi connectivity index (χ1) is 18.4. The van der Waals surface area contributed by atoms with Gasteiger partial charge in [0, 0.05) is 17.8 Å². The van der Waals surface area contributed by atoms with E-state index < -0.39 is 5.91 Å². The molecular formula is C31H29N3O4. The van der Waals surface area contributed by atoms with Crippen LogP contribution in [-0.4, -0.2) is 23.6 Å². The van der Waals surface area contributed by atoms with Gasteiger partial charge in [-0.15, -0.1) is 0 Å². The van der Waals surface area contributed by atoms with E-state index in [0.29, 0.717) is 37.1 Å². The van der Waals surface area contributed by atoms with Crippen LogP contribution in [0, 0.1) is 11.8 Å². The van der Waals surface area contributed by atoms with Crippen LogP contribution in [0.3, 0.4) is 0 Å². The quantitative estimate of drug-likeness (QED) is 0.333. The van der Waals surface area contributed by atoms with Gasteiger partial charge in [-0.25, -0.2) is 4.90 Å². The van der Waals surface area contributed by atoms with Crippen LogP contribution in [0.2, 0.25) is 0 Å². The summed E-state index contributed by atoms with van der Waals surface area (Å²) in [6.45, 7) is 1.97. The van der Waals surface area contributed by atoms with Crippen molar-refractivity contribution >= 4 is 40.7 Å². The maximum atomic E-state index is 13.3. The summed E-state index contributed by atoms with van der Waals surface area (Å²) in [5.74, 6) is -1.86. The number of fused-ring (bicyclic) bond motifs is 1. The van der Waals surface area contributed by atoms with Crippen molar-refractivity contribution in [3.63, 3.8) is 0 Å². The minimum Gasteiger partial charge on any atom is -0.326 e. The summed E-state index contributed by atoms with van der Waals surface area (Å²) in [7, 11) is 0. The third kappa shape index (κ3) is 5.27. The Morgan fingerprint density at radius 3 is 2.32 bits per heavy atom. The van der Waals surface area contributed by atoms with Gasteiger partial charge in [0.05, 0.1) is 23.1 Å². The summed E-state index contributed by atoms with van der Waals surface area (Å²) in [6, 6.07) is 23.3. The van der Waals surface area contributed by atoms with E-state index in [1.807, 2.05) is 43.3 Å². The Hall–Kier alpha value is -4.52. The SMILES string of the molecule is CC1=CC[C@@H]2C(=O)N(c3ccccc3C(=O)Nc3cccc(NC(=O)CCc4ccccc4)c3)C(=O)[C@@H]2C1. The number of allylic oxidation sites excluding steroid dienone is 2. The van der Waals surface area contributed by atoms with Crippen molar-refractivity contribution in [2.75, 3.05) is 15.5 Å². The zero-order chi connectivity index (χ0) is 26.6. The maximum Gasteiger partial charge on any atom is 0.257 e. The molecule has 0 saturated carbocycles. The molecule has 7 heteroatoms. The van der Waals surface area contributed by atoms with Crippen LogP contribution in [0.15, 0.2) is 90.5 Å². The van der Waals surface area contributed by atoms with Gasteiger partial charge in [-0.1, -0.05) is 60.2 Å². The first-order valence-electron chi connectivity index (χ1n) is 12.8. The number of carbonyl (C=O) groups excluding carboxylic acids is 4. The predicted octanol–water partition coefficient (Wildman–Crippen LogP) is 5.36. The first kappa shape index (κ1) is 25.1. The van der Waals surface area contributed by atoms with Crippen LogP contribution in [-0.2, 0) is 20.8 Å². The van der Waals surface area contributed by atoms with Crippen molar-refractivity contribution in [3.8, 4) is 0 Å². The van der Waals surface area contributed by atoms with Gasteiger partial charge in [0.15, 0.2) is 0 Å². The largest absolute Gasteiger partial charge is 0.326 e. The number of para-hydroxylation sites is 1. The minimum absolute atomic E-state index is 0.125. The second-order valence-corrected chi connectivity index (χ2v) is 9.80. The number of hydrogen-bond acceptors (Lipinski definition) is 4. The fourth-order valence-electron chi connectivity index (χ4n) is 5.13. The molecule has 2 N–H and O–H groups in total. The van der Waals surface area contributed by atoms with Crippen molar-refractivity contribution in [2.24, 2.45) is 11.8 Å². The number of nitrogens with zero attached hydrogens (tertiary/aromatic N) is 1. The van der Waals surface area contributed by atoms with Crippen molar-refractivity contribution in [1.29, 1.82) is 0 Å². The number of anilines is 3. The number of hydrogen-bond donors (Lipinski definition) is 2. The van der Waals surface area contributed by atoms with Gasteiger partial charge in [-0.05, 0) is 62.1 Å². The highest BCUT2D eigenvalue weighted by Gasteiger charge is 2.49. The Morgan fingerprint density at radius 2 is 1.53 bits per heavy atom. The van der Waals surface area contributed by atoms with Crippen LogP contribution in [0.1, 0.15) is 42.1 Å². The zero-order valence-corrected chi connectivity index (χ0v) is 21.1. The molecule has 0 spiro atoms. The molecule has 2 aliphatic rings. The van der Waals surface area contributed by atoms with E-state index in [9.17, 15) is 19.2 Å². The van der Waals surface area contributed by atoms with Crippen molar-refractivity contribution in [3.05, 3.63) is 102 Å². The Balaban J connectivity index is 1.28. The predicted molar refractivity (Wildman–Crippen MR) is 147 cm³/mol. The Kier molecular flexibility index (Phi) is 7.18. The topological polar surface area (TPSA) is 95.6 Å². The molecule has 1 aliphatic carbocycles. The summed E-state index contributed by atoms with van der Waals surface area (Å²) >= 11 is 0. The zero-order valence-electron chi connectivity index (χ0n) is 21.1. The Labute approximate surface area is 221 Å². The molecule has 1 heterocycles. The van der Waals surface area contributed by atoms with E-state index in [2.05, 4.69) is 10.6 Å². The lowest BCUT2D eigenvalue weighted by Gasteiger charge is -2.19. The first-order valence-corrected chi connectivity index (χ1v) is 12.8. The molecule has 38 heavy (non-hydrogen) atoms. The minimum atomic E-state index is -0.446. The summed E-state index contributed by atoms with van der Waals surface area (Å²) in [5, 5.41) is 5.72. The van der Waals surface area contributed by atoms with E-state index >= 15 is 0 Å². The van der Waals surface area contributed by atoms with Gasteiger partial charge in [0.1, 0.15) is 0 Å². The van der Waals surface area contributed by atoms with E-state index in [-0.39, 0.29) is 40.8 Å². The smallest absolute Gasteiger partial charge is 0.257 e. The lowest BCUT2D eigenvalue weighted by atomic mass is 9.82. The van der Waals surface area contributed by atoms with E-state index in [4.69, 9.17) is 0 Å². The van der Waals surface area contributed by atoms with E-state index in [1.165, 1.54) is 4.90 Å². The number of imide groups is 1. The Bertz CT molecular complexity index is 1430. The maximum absolute atomic E-state index is 13.3. The van der Waals surface area contributed by atoms with E-state index in [0.717, 1.165) is 11.1 Å². The molecule has 1 fully saturated rings. The fourth-order valence-corrected chi connectivity index (χ4v) is 5.13. The van der Waals surface area contributed by atoms with E-state index in [1.54, 1.807) is 48.5 Å². The average molecular weight is 508 g/mol. The monoisotopic (exact) mass is 507 g/mol. The molecule has 5 rings (SSSR count). The summed E-state index contributed by atoms with van der Waals surface area (Å²) in [6.07, 6.45) is 4.08. The van der Waals surface area contributed by atoms with Crippen molar-refractivity contribution in [2.45, 2.75) is 32.6 Å². The standard InChI is InChI=1S/C31H29N3O4/c1-20-14-16-24-26(18-20)31(38)34(30(24)37)27-13-6-5-12-25(27)29(36)33-23-11-7-10-22(19-23)32-28(35)17-15-21-8-3-2-4-9-21/h2-14,19,24,26H,15-18H2,1H3,(H,32,35)(H,33,36)/t24-,26+/m0/s1. The number of nitrogens with one attached hydrogen (secondary N) is 2. The number of rotatable bonds is 7. The lowest BCUT2D eigenvalue weighted by Crippen LogP contribution is -2.33. The number of carbonyl (C=O) groups is 4. The molecule has 0 radical (unpaired) electrons. The number of amides is 4. The Morgan fingerprint density at radius 1 is 0.842 bits per heavy atom. The molecule has 3 aromatic rings. The van der Waals surface area contributed by atoms with Gasteiger partial charge in [0.25, 0.3) is 5.91 Å². The van der Waals surface area contributed by atoms with Crippen LogP contribution in [0.25, 0.3) is 0 Å². The van der Waals surface area contributed by atoms with Crippen LogP contribution in [0.4, 0.5) is 17.1 Å². The number of benzene rings is 3. The molecular weight excluding hydrogens is 478 g/mol. The third-order valence-electron chi connectivity index (χ3n) is 7.10. The van der Waals surface area contributed by atoms with Crippen LogP contribution < -0.4 is 15.5 Å². The van der Waals surface area contributed by atoms with Gasteiger partial charge in [-0.2, -0.15) is 0 Å². The molecule has 4 amide bonds. The van der Waals surface area contributed by atoms with Crippen LogP contribution in [0.5, 0.6) is 0 Å². The highest BCUT2D eigenvalue weighted by Crippen LogP contribution is 2.40. The second-order valence-electron chi connectivity index (χ2n) is 9.80. The third-order valence-corrected chi connectivity index (χ3v) is 7.10. The second kappa shape index (κ2) is 10.8. The molecule has 7 nitrogen and oxygen atoms in total. The molecule has 0 bridgehead atoms. The van der Waals surface area contributed by atoms with Gasteiger partial charge in [-0.3, -0.25) is 19.2 Å². The van der Waals surface area contributed by atoms with Gasteiger partial charge >= 0.3 is 0 Å². The average Bonchev–Trinajstić information content (AvgIpc) is 3.17. The van der Waals surface area contributed by atoms with Gasteiger partial charge < -0.3 is 10.6 Å². The van der Waals surface area contributed by atoms with Gasteiger partial charge in [0.2, 0.25) is 17.7 Å². The molecule has 0 aromatic heterocycles. The summed E-state index contributed by atoms with van der Waals surface area (Å²) in [4.78, 5) is 53.3. The summed E-state index contributed by atoms with van der Waals surface area (Å²) in [5.41, 5.74) is 3.76. The molecule has 1 aliphatic heterocycles. The molecule has 192 valence electrons. The molecule has 3 aromatic carbocycles. The molecule has 0 unspecified atom stereocenters. The summed E-state index contributed by atoms with van der Waals surface area (Å²) < 4.78 is 0. The lowest BCUT2D eigenvalue weighted by molar-refractivity contribution is -0.122. The molecule has 2 atom stereocenters. The fraction of sp³-hybridized carbons (Fsp3) is 0.226. The normalized spacial score (nSPS) is 18.6. The van der Waals surface area contributed by atoms with Crippen molar-refractivity contribution in [1.82, 2.24) is 0 Å². The van der Waals surface area contributed by atoms with Crippen molar-refractivity contribution < 1.29 is 19.2 Å². The molecule has 1 saturated heterocycles. The van der Waals surface area contributed by atoms with Crippen LogP contribution >= 0.6 is 0 Å². The number of aryl methyl sites for hydroxylation is 1. The highest BCUT2D eigenvalue weighted by molar-refractivity contribution is 6.25. The highest BCUT2D eigenvalue weighted by atomic mass is 16.2.